The van der Waals surface area contributed by atoms with Crippen molar-refractivity contribution in [2.45, 2.75) is 71.4 Å². The second-order valence-electron chi connectivity index (χ2n) is 5.75. The van der Waals surface area contributed by atoms with Gasteiger partial charge in [-0.2, -0.15) is 0 Å². The van der Waals surface area contributed by atoms with Crippen LogP contribution in [0.5, 0.6) is 0 Å². The normalized spacial score (nSPS) is 11.6. The van der Waals surface area contributed by atoms with Crippen LogP contribution in [-0.4, -0.2) is 24.1 Å². The monoisotopic (exact) mass is 242 g/mol. The summed E-state index contributed by atoms with van der Waals surface area (Å²) in [6, 6.07) is 0.321. The van der Waals surface area contributed by atoms with Gasteiger partial charge in [0, 0.05) is 18.1 Å². The average Bonchev–Trinajstić information content (AvgIpc) is 2.13. The van der Waals surface area contributed by atoms with Crippen LogP contribution in [0.15, 0.2) is 0 Å². The van der Waals surface area contributed by atoms with Gasteiger partial charge in [0.1, 0.15) is 0 Å². The van der Waals surface area contributed by atoms with E-state index in [2.05, 4.69) is 24.5 Å². The highest BCUT2D eigenvalue weighted by Gasteiger charge is 2.08. The maximum absolute atomic E-state index is 7.58. The van der Waals surface area contributed by atoms with Crippen molar-refractivity contribution >= 4 is 5.96 Å². The number of guanidine groups is 1. The van der Waals surface area contributed by atoms with Crippen molar-refractivity contribution < 1.29 is 0 Å². The van der Waals surface area contributed by atoms with Crippen LogP contribution in [0.4, 0.5) is 0 Å². The SMILES string of the molecule is CC(C)NC(=N)NCCCCCCC(C)(C)N. The van der Waals surface area contributed by atoms with Crippen molar-refractivity contribution in [1.82, 2.24) is 10.6 Å². The molecule has 0 aromatic rings. The summed E-state index contributed by atoms with van der Waals surface area (Å²) in [6.07, 6.45) is 5.84. The fourth-order valence-corrected chi connectivity index (χ4v) is 1.61. The van der Waals surface area contributed by atoms with E-state index in [4.69, 9.17) is 11.1 Å². The Morgan fingerprint density at radius 3 is 2.29 bits per heavy atom. The maximum atomic E-state index is 7.58. The third-order valence-electron chi connectivity index (χ3n) is 2.48. The first-order valence-corrected chi connectivity index (χ1v) is 6.69. The van der Waals surface area contributed by atoms with Crippen LogP contribution in [0.2, 0.25) is 0 Å². The zero-order valence-corrected chi connectivity index (χ0v) is 11.9. The maximum Gasteiger partial charge on any atom is 0.188 e. The van der Waals surface area contributed by atoms with Crippen molar-refractivity contribution in [3.63, 3.8) is 0 Å². The number of hydrogen-bond acceptors (Lipinski definition) is 2. The first-order valence-electron chi connectivity index (χ1n) is 6.69. The van der Waals surface area contributed by atoms with E-state index in [1.165, 1.54) is 19.3 Å². The van der Waals surface area contributed by atoms with Gasteiger partial charge in [-0.05, 0) is 40.5 Å². The third-order valence-corrected chi connectivity index (χ3v) is 2.48. The Balaban J connectivity index is 3.27. The average molecular weight is 242 g/mol. The molecule has 0 aliphatic heterocycles. The molecule has 0 aromatic heterocycles. The number of nitrogens with two attached hydrogens (primary N) is 1. The van der Waals surface area contributed by atoms with Gasteiger partial charge in [-0.3, -0.25) is 5.41 Å². The van der Waals surface area contributed by atoms with Gasteiger partial charge < -0.3 is 16.4 Å². The molecule has 0 fully saturated rings. The topological polar surface area (TPSA) is 73.9 Å². The molecule has 0 unspecified atom stereocenters. The molecule has 17 heavy (non-hydrogen) atoms. The van der Waals surface area contributed by atoms with Crippen LogP contribution in [0.25, 0.3) is 0 Å². The van der Waals surface area contributed by atoms with Crippen LogP contribution in [-0.2, 0) is 0 Å². The van der Waals surface area contributed by atoms with Crippen molar-refractivity contribution in [2.24, 2.45) is 5.73 Å². The Morgan fingerprint density at radius 1 is 1.18 bits per heavy atom. The Labute approximate surface area is 106 Å². The van der Waals surface area contributed by atoms with Gasteiger partial charge in [0.15, 0.2) is 5.96 Å². The van der Waals surface area contributed by atoms with Crippen molar-refractivity contribution in [1.29, 1.82) is 5.41 Å². The lowest BCUT2D eigenvalue weighted by Crippen LogP contribution is -2.40. The van der Waals surface area contributed by atoms with E-state index in [1.54, 1.807) is 0 Å². The minimum absolute atomic E-state index is 0.0262. The number of rotatable bonds is 8. The van der Waals surface area contributed by atoms with E-state index in [-0.39, 0.29) is 5.54 Å². The summed E-state index contributed by atoms with van der Waals surface area (Å²) in [6.45, 7) is 9.10. The molecule has 4 nitrogen and oxygen atoms in total. The molecular formula is C13H30N4. The molecule has 0 heterocycles. The smallest absolute Gasteiger partial charge is 0.188 e. The molecule has 0 rings (SSSR count). The first kappa shape index (κ1) is 16.2. The van der Waals surface area contributed by atoms with Gasteiger partial charge in [-0.25, -0.2) is 0 Å². The van der Waals surface area contributed by atoms with Crippen LogP contribution in [0, 0.1) is 5.41 Å². The Hall–Kier alpha value is -0.770. The lowest BCUT2D eigenvalue weighted by molar-refractivity contribution is 0.443. The molecule has 0 aromatic carbocycles. The molecule has 0 radical (unpaired) electrons. The Morgan fingerprint density at radius 2 is 1.76 bits per heavy atom. The predicted octanol–water partition coefficient (Wildman–Crippen LogP) is 2.20. The summed E-state index contributed by atoms with van der Waals surface area (Å²) in [4.78, 5) is 0. The van der Waals surface area contributed by atoms with Crippen LogP contribution in [0.3, 0.4) is 0 Å². The zero-order chi connectivity index (χ0) is 13.3. The van der Waals surface area contributed by atoms with Gasteiger partial charge in [-0.1, -0.05) is 19.3 Å². The van der Waals surface area contributed by atoms with Crippen molar-refractivity contribution in [3.05, 3.63) is 0 Å². The van der Waals surface area contributed by atoms with Crippen LogP contribution >= 0.6 is 0 Å². The summed E-state index contributed by atoms with van der Waals surface area (Å²) in [5, 5.41) is 13.7. The molecular weight excluding hydrogens is 212 g/mol. The predicted molar refractivity (Wildman–Crippen MR) is 75.4 cm³/mol. The van der Waals surface area contributed by atoms with E-state index in [9.17, 15) is 0 Å². The summed E-state index contributed by atoms with van der Waals surface area (Å²) in [5.74, 6) is 0.433. The molecule has 0 saturated heterocycles. The third kappa shape index (κ3) is 13.2. The quantitative estimate of drug-likeness (QED) is 0.299. The van der Waals surface area contributed by atoms with Gasteiger partial charge in [0.05, 0.1) is 0 Å². The fourth-order valence-electron chi connectivity index (χ4n) is 1.61. The molecule has 5 N–H and O–H groups in total. The second-order valence-corrected chi connectivity index (χ2v) is 5.75. The minimum atomic E-state index is -0.0262. The largest absolute Gasteiger partial charge is 0.357 e. The van der Waals surface area contributed by atoms with Gasteiger partial charge >= 0.3 is 0 Å². The summed E-state index contributed by atoms with van der Waals surface area (Å²) >= 11 is 0. The molecule has 0 aliphatic rings. The van der Waals surface area contributed by atoms with Crippen LogP contribution < -0.4 is 16.4 Å². The summed E-state index contributed by atoms with van der Waals surface area (Å²) in [5.41, 5.74) is 5.89. The van der Waals surface area contributed by atoms with E-state index in [1.807, 2.05) is 13.8 Å². The second kappa shape index (κ2) is 8.34. The molecule has 0 aliphatic carbocycles. The summed E-state index contributed by atoms with van der Waals surface area (Å²) < 4.78 is 0. The lowest BCUT2D eigenvalue weighted by atomic mass is 9.98. The summed E-state index contributed by atoms with van der Waals surface area (Å²) in [7, 11) is 0. The van der Waals surface area contributed by atoms with E-state index in [0.717, 1.165) is 19.4 Å². The molecule has 0 amide bonds. The van der Waals surface area contributed by atoms with Gasteiger partial charge in [0.2, 0.25) is 0 Å². The molecule has 0 saturated carbocycles. The zero-order valence-electron chi connectivity index (χ0n) is 11.9. The van der Waals surface area contributed by atoms with Gasteiger partial charge in [-0.15, -0.1) is 0 Å². The molecule has 0 bridgehead atoms. The first-order chi connectivity index (χ1) is 7.81. The van der Waals surface area contributed by atoms with Crippen molar-refractivity contribution in [2.75, 3.05) is 6.54 Å². The van der Waals surface area contributed by atoms with Crippen LogP contribution in [0.1, 0.15) is 59.8 Å². The highest BCUT2D eigenvalue weighted by molar-refractivity contribution is 5.76. The minimum Gasteiger partial charge on any atom is -0.357 e. The Bertz CT molecular complexity index is 206. The fraction of sp³-hybridized carbons (Fsp3) is 0.923. The molecule has 0 atom stereocenters. The highest BCUT2D eigenvalue weighted by atomic mass is 15.1. The molecule has 4 heteroatoms. The van der Waals surface area contributed by atoms with E-state index >= 15 is 0 Å². The van der Waals surface area contributed by atoms with E-state index in [0.29, 0.717) is 12.0 Å². The number of nitrogens with one attached hydrogen (secondary N) is 3. The highest BCUT2D eigenvalue weighted by Crippen LogP contribution is 2.11. The van der Waals surface area contributed by atoms with Crippen molar-refractivity contribution in [3.8, 4) is 0 Å². The standard InChI is InChI=1S/C13H30N4/c1-11(2)17-12(14)16-10-8-6-5-7-9-13(3,4)15/h11H,5-10,15H2,1-4H3,(H3,14,16,17). The number of hydrogen-bond donors (Lipinski definition) is 4. The molecule has 0 spiro atoms. The van der Waals surface area contributed by atoms with E-state index < -0.39 is 0 Å². The number of unbranched alkanes of at least 4 members (excludes halogenated alkanes) is 3. The van der Waals surface area contributed by atoms with Gasteiger partial charge in [0.25, 0.3) is 0 Å². The lowest BCUT2D eigenvalue weighted by Gasteiger charge is -2.17. The molecule has 102 valence electrons. The Kier molecular flexibility index (Phi) is 7.96.